The van der Waals surface area contributed by atoms with E-state index < -0.39 is 11.7 Å². The minimum Gasteiger partial charge on any atom is -0.507 e. The van der Waals surface area contributed by atoms with Crippen molar-refractivity contribution < 1.29 is 18.7 Å². The van der Waals surface area contributed by atoms with Gasteiger partial charge in [0.25, 0.3) is 5.91 Å². The van der Waals surface area contributed by atoms with Gasteiger partial charge in [0.15, 0.2) is 0 Å². The molecule has 1 amide bonds. The normalized spacial score (nSPS) is 10.2. The standard InChI is InChI=1S/C12H10FNO3/c13-9-4-1-5-10(15)11(9)12(16)14-7-8-3-2-6-17-8/h1-6,15H,7H2,(H,14,16). The van der Waals surface area contributed by atoms with Crippen LogP contribution in [0.1, 0.15) is 16.1 Å². The van der Waals surface area contributed by atoms with E-state index in [0.29, 0.717) is 5.76 Å². The van der Waals surface area contributed by atoms with Crippen molar-refractivity contribution in [2.75, 3.05) is 0 Å². The number of halogens is 1. The first-order valence-corrected chi connectivity index (χ1v) is 4.96. The molecule has 1 heterocycles. The predicted octanol–water partition coefficient (Wildman–Crippen LogP) is 2.05. The molecule has 0 unspecified atom stereocenters. The molecule has 2 N–H and O–H groups in total. The highest BCUT2D eigenvalue weighted by Crippen LogP contribution is 2.19. The topological polar surface area (TPSA) is 62.5 Å². The molecule has 0 saturated heterocycles. The maximum atomic E-state index is 13.3. The van der Waals surface area contributed by atoms with Crippen LogP contribution >= 0.6 is 0 Å². The molecule has 1 aromatic heterocycles. The molecule has 4 nitrogen and oxygen atoms in total. The Morgan fingerprint density at radius 3 is 2.82 bits per heavy atom. The lowest BCUT2D eigenvalue weighted by atomic mass is 10.1. The molecule has 0 atom stereocenters. The maximum absolute atomic E-state index is 13.3. The molecule has 0 saturated carbocycles. The highest BCUT2D eigenvalue weighted by atomic mass is 19.1. The van der Waals surface area contributed by atoms with Crippen LogP contribution in [-0.4, -0.2) is 11.0 Å². The molecular weight excluding hydrogens is 225 g/mol. The molecule has 2 aromatic rings. The number of hydrogen-bond acceptors (Lipinski definition) is 3. The van der Waals surface area contributed by atoms with E-state index in [1.54, 1.807) is 12.1 Å². The molecule has 0 bridgehead atoms. The Labute approximate surface area is 96.7 Å². The zero-order valence-electron chi connectivity index (χ0n) is 8.81. The molecule has 2 rings (SSSR count). The summed E-state index contributed by atoms with van der Waals surface area (Å²) in [6, 6.07) is 7.06. The lowest BCUT2D eigenvalue weighted by molar-refractivity contribution is 0.0941. The molecule has 88 valence electrons. The summed E-state index contributed by atoms with van der Waals surface area (Å²) in [5, 5.41) is 11.8. The van der Waals surface area contributed by atoms with E-state index in [-0.39, 0.29) is 17.9 Å². The van der Waals surface area contributed by atoms with Crippen molar-refractivity contribution in [1.29, 1.82) is 0 Å². The fourth-order valence-corrected chi connectivity index (χ4v) is 1.41. The van der Waals surface area contributed by atoms with Gasteiger partial charge in [0.2, 0.25) is 0 Å². The van der Waals surface area contributed by atoms with Crippen molar-refractivity contribution in [3.63, 3.8) is 0 Å². The number of nitrogens with one attached hydrogen (secondary N) is 1. The summed E-state index contributed by atoms with van der Waals surface area (Å²) in [5.74, 6) is -1.28. The number of phenolic OH excluding ortho intramolecular Hbond substituents is 1. The molecule has 5 heteroatoms. The van der Waals surface area contributed by atoms with Gasteiger partial charge in [-0.3, -0.25) is 4.79 Å². The van der Waals surface area contributed by atoms with Gasteiger partial charge in [0.05, 0.1) is 12.8 Å². The second kappa shape index (κ2) is 4.69. The number of amides is 1. The lowest BCUT2D eigenvalue weighted by Crippen LogP contribution is -2.23. The van der Waals surface area contributed by atoms with Crippen LogP contribution in [0.2, 0.25) is 0 Å². The third-order valence-electron chi connectivity index (χ3n) is 2.22. The molecule has 0 radical (unpaired) electrons. The van der Waals surface area contributed by atoms with Crippen LogP contribution in [0.25, 0.3) is 0 Å². The maximum Gasteiger partial charge on any atom is 0.258 e. The van der Waals surface area contributed by atoms with Crippen LogP contribution in [0, 0.1) is 5.82 Å². The highest BCUT2D eigenvalue weighted by molar-refractivity contribution is 5.96. The fourth-order valence-electron chi connectivity index (χ4n) is 1.41. The van der Waals surface area contributed by atoms with E-state index in [1.807, 2.05) is 0 Å². The zero-order valence-corrected chi connectivity index (χ0v) is 8.81. The van der Waals surface area contributed by atoms with Crippen molar-refractivity contribution in [2.24, 2.45) is 0 Å². The molecule has 1 aromatic carbocycles. The predicted molar refractivity (Wildman–Crippen MR) is 57.9 cm³/mol. The van der Waals surface area contributed by atoms with E-state index in [1.165, 1.54) is 18.4 Å². The third kappa shape index (κ3) is 2.44. The summed E-state index contributed by atoms with van der Waals surface area (Å²) in [5.41, 5.74) is -0.362. The van der Waals surface area contributed by atoms with Crippen LogP contribution in [0.5, 0.6) is 5.75 Å². The van der Waals surface area contributed by atoms with Gasteiger partial charge in [0, 0.05) is 0 Å². The quantitative estimate of drug-likeness (QED) is 0.855. The van der Waals surface area contributed by atoms with E-state index >= 15 is 0 Å². The van der Waals surface area contributed by atoms with Gasteiger partial charge in [0.1, 0.15) is 22.9 Å². The first kappa shape index (κ1) is 11.2. The van der Waals surface area contributed by atoms with Crippen molar-refractivity contribution in [3.8, 4) is 5.75 Å². The fraction of sp³-hybridized carbons (Fsp3) is 0.0833. The van der Waals surface area contributed by atoms with Crippen molar-refractivity contribution in [1.82, 2.24) is 5.32 Å². The summed E-state index contributed by atoms with van der Waals surface area (Å²) in [7, 11) is 0. The summed E-state index contributed by atoms with van der Waals surface area (Å²) < 4.78 is 18.3. The summed E-state index contributed by atoms with van der Waals surface area (Å²) >= 11 is 0. The number of benzene rings is 1. The van der Waals surface area contributed by atoms with Crippen LogP contribution in [-0.2, 0) is 6.54 Å². The molecule has 0 fully saturated rings. The third-order valence-corrected chi connectivity index (χ3v) is 2.22. The molecular formula is C12H10FNO3. The number of carbonyl (C=O) groups is 1. The second-order valence-corrected chi connectivity index (χ2v) is 3.40. The van der Waals surface area contributed by atoms with Gasteiger partial charge in [-0.25, -0.2) is 4.39 Å². The Morgan fingerprint density at radius 1 is 1.35 bits per heavy atom. The molecule has 0 aliphatic heterocycles. The number of phenols is 1. The van der Waals surface area contributed by atoms with E-state index in [2.05, 4.69) is 5.32 Å². The Bertz CT molecular complexity index is 502. The molecule has 0 aliphatic carbocycles. The average Bonchev–Trinajstić information content (AvgIpc) is 2.79. The van der Waals surface area contributed by atoms with Crippen molar-refractivity contribution in [3.05, 3.63) is 53.7 Å². The Balaban J connectivity index is 2.10. The zero-order chi connectivity index (χ0) is 12.3. The first-order valence-electron chi connectivity index (χ1n) is 4.96. The monoisotopic (exact) mass is 235 g/mol. The Kier molecular flexibility index (Phi) is 3.09. The average molecular weight is 235 g/mol. The minimum atomic E-state index is -0.762. The summed E-state index contributed by atoms with van der Waals surface area (Å²) in [6.45, 7) is 0.138. The highest BCUT2D eigenvalue weighted by Gasteiger charge is 2.16. The van der Waals surface area contributed by atoms with Gasteiger partial charge >= 0.3 is 0 Å². The summed E-state index contributed by atoms with van der Waals surface area (Å²) in [6.07, 6.45) is 1.47. The van der Waals surface area contributed by atoms with Crippen LogP contribution in [0.3, 0.4) is 0 Å². The van der Waals surface area contributed by atoms with Gasteiger partial charge in [-0.1, -0.05) is 6.07 Å². The smallest absolute Gasteiger partial charge is 0.258 e. The Hall–Kier alpha value is -2.30. The minimum absolute atomic E-state index is 0.138. The van der Waals surface area contributed by atoms with E-state index in [9.17, 15) is 14.3 Å². The van der Waals surface area contributed by atoms with Crippen molar-refractivity contribution >= 4 is 5.91 Å². The summed E-state index contributed by atoms with van der Waals surface area (Å²) in [4.78, 5) is 11.6. The largest absolute Gasteiger partial charge is 0.507 e. The number of rotatable bonds is 3. The number of hydrogen-bond donors (Lipinski definition) is 2. The van der Waals surface area contributed by atoms with Crippen LogP contribution < -0.4 is 5.32 Å². The number of carbonyl (C=O) groups excluding carboxylic acids is 1. The van der Waals surface area contributed by atoms with E-state index in [4.69, 9.17) is 4.42 Å². The molecule has 0 spiro atoms. The van der Waals surface area contributed by atoms with Crippen LogP contribution in [0.4, 0.5) is 4.39 Å². The number of aromatic hydroxyl groups is 1. The van der Waals surface area contributed by atoms with Gasteiger partial charge in [-0.15, -0.1) is 0 Å². The SMILES string of the molecule is O=C(NCc1ccco1)c1c(O)cccc1F. The van der Waals surface area contributed by atoms with Gasteiger partial charge in [-0.2, -0.15) is 0 Å². The lowest BCUT2D eigenvalue weighted by Gasteiger charge is -2.06. The number of furan rings is 1. The Morgan fingerprint density at radius 2 is 2.18 bits per heavy atom. The molecule has 0 aliphatic rings. The second-order valence-electron chi connectivity index (χ2n) is 3.40. The van der Waals surface area contributed by atoms with Crippen LogP contribution in [0.15, 0.2) is 41.0 Å². The van der Waals surface area contributed by atoms with Gasteiger partial charge in [-0.05, 0) is 24.3 Å². The van der Waals surface area contributed by atoms with E-state index in [0.717, 1.165) is 6.07 Å². The molecule has 17 heavy (non-hydrogen) atoms. The van der Waals surface area contributed by atoms with Crippen molar-refractivity contribution in [2.45, 2.75) is 6.54 Å². The first-order chi connectivity index (χ1) is 8.18. The van der Waals surface area contributed by atoms with Gasteiger partial charge < -0.3 is 14.8 Å².